The summed E-state index contributed by atoms with van der Waals surface area (Å²) in [6.07, 6.45) is 3.38. The summed E-state index contributed by atoms with van der Waals surface area (Å²) in [5, 5.41) is 10.4. The van der Waals surface area contributed by atoms with Crippen LogP contribution in [-0.2, 0) is 9.53 Å². The predicted molar refractivity (Wildman–Crippen MR) is 67.8 cm³/mol. The molecule has 100 valence electrons. The van der Waals surface area contributed by atoms with Crippen molar-refractivity contribution in [3.63, 3.8) is 0 Å². The second-order valence-electron chi connectivity index (χ2n) is 6.51. The van der Waals surface area contributed by atoms with E-state index in [1.807, 2.05) is 6.92 Å². The van der Waals surface area contributed by atoms with E-state index in [4.69, 9.17) is 4.74 Å². The van der Waals surface area contributed by atoms with E-state index in [1.165, 1.54) is 11.1 Å². The molecule has 3 rings (SSSR count). The number of carbonyl (C=O) groups excluding carboxylic acids is 1. The SMILES string of the molecule is CC1=C2[C@H]3OC(=O)[C@@H](C)[C@H]3CC[C@@]2(C)[C@H](O)CC1. The van der Waals surface area contributed by atoms with Crippen LogP contribution in [0.5, 0.6) is 0 Å². The van der Waals surface area contributed by atoms with Gasteiger partial charge in [-0.05, 0) is 38.2 Å². The van der Waals surface area contributed by atoms with Crippen molar-refractivity contribution in [2.24, 2.45) is 17.3 Å². The third-order valence-corrected chi connectivity index (χ3v) is 5.53. The van der Waals surface area contributed by atoms with Gasteiger partial charge in [0.2, 0.25) is 0 Å². The Labute approximate surface area is 108 Å². The number of hydrogen-bond donors (Lipinski definition) is 1. The third kappa shape index (κ3) is 1.43. The van der Waals surface area contributed by atoms with Gasteiger partial charge in [-0.2, -0.15) is 0 Å². The van der Waals surface area contributed by atoms with Crippen LogP contribution in [0.25, 0.3) is 0 Å². The number of carbonyl (C=O) groups is 1. The summed E-state index contributed by atoms with van der Waals surface area (Å²) in [5.74, 6) is 0.273. The van der Waals surface area contributed by atoms with Crippen molar-refractivity contribution < 1.29 is 14.6 Å². The Kier molecular flexibility index (Phi) is 2.60. The van der Waals surface area contributed by atoms with Gasteiger partial charge in [-0.25, -0.2) is 0 Å². The molecule has 0 bridgehead atoms. The summed E-state index contributed by atoms with van der Waals surface area (Å²) in [6, 6.07) is 0. The van der Waals surface area contributed by atoms with Gasteiger partial charge in [0.05, 0.1) is 12.0 Å². The van der Waals surface area contributed by atoms with E-state index in [2.05, 4.69) is 13.8 Å². The van der Waals surface area contributed by atoms with Crippen molar-refractivity contribution in [3.8, 4) is 0 Å². The smallest absolute Gasteiger partial charge is 0.309 e. The summed E-state index contributed by atoms with van der Waals surface area (Å²) >= 11 is 0. The fraction of sp³-hybridized carbons (Fsp3) is 0.800. The maximum atomic E-state index is 11.8. The lowest BCUT2D eigenvalue weighted by Crippen LogP contribution is -2.47. The number of allylic oxidation sites excluding steroid dienone is 1. The first-order valence-corrected chi connectivity index (χ1v) is 7.04. The lowest BCUT2D eigenvalue weighted by Gasteiger charge is -2.48. The lowest BCUT2D eigenvalue weighted by atomic mass is 9.58. The summed E-state index contributed by atoms with van der Waals surface area (Å²) in [5.41, 5.74) is 2.39. The van der Waals surface area contributed by atoms with Crippen LogP contribution < -0.4 is 0 Å². The first-order valence-electron chi connectivity index (χ1n) is 7.04. The number of rotatable bonds is 0. The van der Waals surface area contributed by atoms with Crippen LogP contribution >= 0.6 is 0 Å². The number of esters is 1. The predicted octanol–water partition coefficient (Wildman–Crippen LogP) is 2.44. The van der Waals surface area contributed by atoms with Crippen molar-refractivity contribution in [3.05, 3.63) is 11.1 Å². The standard InChI is InChI=1S/C15H22O3/c1-8-4-5-11(16)15(3)7-6-10-9(2)14(17)18-13(10)12(8)15/h9-11,13,16H,4-7H2,1-3H3/t9-,10+,11+,13-,15-/m0/s1. The van der Waals surface area contributed by atoms with Crippen LogP contribution in [0.2, 0.25) is 0 Å². The van der Waals surface area contributed by atoms with Crippen LogP contribution in [0, 0.1) is 17.3 Å². The van der Waals surface area contributed by atoms with Crippen LogP contribution in [0.15, 0.2) is 11.1 Å². The molecule has 0 amide bonds. The number of fused-ring (bicyclic) bond motifs is 3. The molecule has 0 aromatic heterocycles. The van der Waals surface area contributed by atoms with E-state index in [0.29, 0.717) is 5.92 Å². The second kappa shape index (κ2) is 3.83. The Bertz CT molecular complexity index is 425. The van der Waals surface area contributed by atoms with Crippen molar-refractivity contribution in [1.82, 2.24) is 0 Å². The topological polar surface area (TPSA) is 46.5 Å². The summed E-state index contributed by atoms with van der Waals surface area (Å²) in [7, 11) is 0. The number of ether oxygens (including phenoxy) is 1. The summed E-state index contributed by atoms with van der Waals surface area (Å²) in [4.78, 5) is 11.8. The van der Waals surface area contributed by atoms with Crippen LogP contribution in [0.1, 0.15) is 46.5 Å². The zero-order chi connectivity index (χ0) is 13.1. The van der Waals surface area contributed by atoms with Gasteiger partial charge in [-0.3, -0.25) is 4.79 Å². The fourth-order valence-corrected chi connectivity index (χ4v) is 4.24. The highest BCUT2D eigenvalue weighted by molar-refractivity contribution is 5.75. The van der Waals surface area contributed by atoms with Crippen molar-refractivity contribution in [2.75, 3.05) is 0 Å². The van der Waals surface area contributed by atoms with E-state index in [-0.39, 0.29) is 29.5 Å². The molecular formula is C15H22O3. The van der Waals surface area contributed by atoms with Gasteiger partial charge in [0.25, 0.3) is 0 Å². The highest BCUT2D eigenvalue weighted by Gasteiger charge is 2.55. The van der Waals surface area contributed by atoms with E-state index in [1.54, 1.807) is 0 Å². The van der Waals surface area contributed by atoms with E-state index >= 15 is 0 Å². The Morgan fingerprint density at radius 3 is 2.83 bits per heavy atom. The molecule has 0 radical (unpaired) electrons. The van der Waals surface area contributed by atoms with Gasteiger partial charge in [0.15, 0.2) is 0 Å². The summed E-state index contributed by atoms with van der Waals surface area (Å²) in [6.45, 7) is 6.26. The minimum absolute atomic E-state index is 0.0129. The number of hydrogen-bond acceptors (Lipinski definition) is 3. The highest BCUT2D eigenvalue weighted by Crippen LogP contribution is 2.55. The van der Waals surface area contributed by atoms with Crippen LogP contribution in [0.3, 0.4) is 0 Å². The Balaban J connectivity index is 2.05. The van der Waals surface area contributed by atoms with Crippen molar-refractivity contribution in [2.45, 2.75) is 58.7 Å². The minimum atomic E-state index is -0.285. The molecule has 3 aliphatic rings. The largest absolute Gasteiger partial charge is 0.457 e. The zero-order valence-electron chi connectivity index (χ0n) is 11.4. The van der Waals surface area contributed by atoms with Gasteiger partial charge >= 0.3 is 5.97 Å². The fourth-order valence-electron chi connectivity index (χ4n) is 4.24. The molecule has 2 fully saturated rings. The lowest BCUT2D eigenvalue weighted by molar-refractivity contribution is -0.143. The molecule has 0 spiro atoms. The van der Waals surface area contributed by atoms with Gasteiger partial charge in [0, 0.05) is 11.3 Å². The molecule has 5 atom stereocenters. The van der Waals surface area contributed by atoms with E-state index in [0.717, 1.165) is 25.7 Å². The molecule has 3 nitrogen and oxygen atoms in total. The second-order valence-corrected chi connectivity index (χ2v) is 6.51. The van der Waals surface area contributed by atoms with Gasteiger partial charge in [-0.1, -0.05) is 19.4 Å². The first-order chi connectivity index (χ1) is 8.45. The Morgan fingerprint density at radius 1 is 1.39 bits per heavy atom. The van der Waals surface area contributed by atoms with Crippen molar-refractivity contribution >= 4 is 5.97 Å². The minimum Gasteiger partial charge on any atom is -0.457 e. The Hall–Kier alpha value is -0.830. The quantitative estimate of drug-likeness (QED) is 0.530. The molecule has 1 N–H and O–H groups in total. The monoisotopic (exact) mass is 250 g/mol. The normalized spacial score (nSPS) is 47.7. The van der Waals surface area contributed by atoms with E-state index < -0.39 is 0 Å². The van der Waals surface area contributed by atoms with Crippen LogP contribution in [-0.4, -0.2) is 23.3 Å². The molecule has 0 aromatic rings. The van der Waals surface area contributed by atoms with Crippen LogP contribution in [0.4, 0.5) is 0 Å². The number of aliphatic hydroxyl groups excluding tert-OH is 1. The molecular weight excluding hydrogens is 228 g/mol. The van der Waals surface area contributed by atoms with Gasteiger partial charge in [-0.15, -0.1) is 0 Å². The average Bonchev–Trinajstić information content (AvgIpc) is 2.60. The molecule has 0 aromatic carbocycles. The molecule has 1 heterocycles. The third-order valence-electron chi connectivity index (χ3n) is 5.53. The molecule has 1 saturated carbocycles. The van der Waals surface area contributed by atoms with Crippen molar-refractivity contribution in [1.29, 1.82) is 0 Å². The molecule has 0 unspecified atom stereocenters. The van der Waals surface area contributed by atoms with Gasteiger partial charge < -0.3 is 9.84 Å². The zero-order valence-corrected chi connectivity index (χ0v) is 11.4. The average molecular weight is 250 g/mol. The molecule has 1 aliphatic heterocycles. The maximum absolute atomic E-state index is 11.8. The molecule has 3 heteroatoms. The van der Waals surface area contributed by atoms with E-state index in [9.17, 15) is 9.90 Å². The Morgan fingerprint density at radius 2 is 2.11 bits per heavy atom. The molecule has 18 heavy (non-hydrogen) atoms. The summed E-state index contributed by atoms with van der Waals surface area (Å²) < 4.78 is 5.62. The highest BCUT2D eigenvalue weighted by atomic mass is 16.6. The molecule has 2 aliphatic carbocycles. The molecule has 1 saturated heterocycles. The van der Waals surface area contributed by atoms with Gasteiger partial charge in [0.1, 0.15) is 6.10 Å². The maximum Gasteiger partial charge on any atom is 0.309 e. The number of aliphatic hydroxyl groups is 1. The first kappa shape index (κ1) is 12.2.